The van der Waals surface area contributed by atoms with Crippen LogP contribution in [0.5, 0.6) is 17.2 Å². The molecule has 0 bridgehead atoms. The molecule has 286 valence electrons. The van der Waals surface area contributed by atoms with E-state index in [1.807, 2.05) is 109 Å². The van der Waals surface area contributed by atoms with E-state index in [0.717, 1.165) is 35.4 Å². The van der Waals surface area contributed by atoms with E-state index < -0.39 is 0 Å². The highest BCUT2D eigenvalue weighted by Gasteiger charge is 2.18. The van der Waals surface area contributed by atoms with E-state index in [2.05, 4.69) is 20.3 Å². The standard InChI is InChI=1S/C45H39N5O7/c51-41-38-16-5-7-18-40(38)57-42(43(41)56-30-31-10-2-1-3-11-31)33-12-8-14-36(28-33)55-27-26-53-25-23-50-29-34(48-49-50)13-9-24-54-35-21-19-32(20-22-35)44-46-39-17-6-4-15-37(39)45(52)47-44/h1-8,10-12,14-22,28-29H,9,13,23-27,30H2,(H,46,47,52). The molecule has 1 N–H and O–H groups in total. The van der Waals surface area contributed by atoms with Crippen molar-refractivity contribution < 1.29 is 23.4 Å². The minimum Gasteiger partial charge on any atom is -0.494 e. The van der Waals surface area contributed by atoms with Crippen LogP contribution in [-0.2, 0) is 24.3 Å². The summed E-state index contributed by atoms with van der Waals surface area (Å²) in [6.07, 6.45) is 3.40. The number of benzene rings is 5. The van der Waals surface area contributed by atoms with Gasteiger partial charge in [-0.05, 0) is 79.1 Å². The van der Waals surface area contributed by atoms with Crippen molar-refractivity contribution in [1.82, 2.24) is 25.0 Å². The van der Waals surface area contributed by atoms with Crippen molar-refractivity contribution in [2.45, 2.75) is 26.0 Å². The average Bonchev–Trinajstić information content (AvgIpc) is 3.71. The summed E-state index contributed by atoms with van der Waals surface area (Å²) in [5.74, 6) is 2.36. The van der Waals surface area contributed by atoms with Gasteiger partial charge in [-0.1, -0.05) is 71.9 Å². The maximum absolute atomic E-state index is 13.5. The number of hydrogen-bond donors (Lipinski definition) is 1. The van der Waals surface area contributed by atoms with Gasteiger partial charge < -0.3 is 28.3 Å². The quantitative estimate of drug-likeness (QED) is 0.0920. The van der Waals surface area contributed by atoms with E-state index in [9.17, 15) is 9.59 Å². The van der Waals surface area contributed by atoms with Gasteiger partial charge in [-0.25, -0.2) is 9.67 Å². The molecule has 0 saturated heterocycles. The van der Waals surface area contributed by atoms with Crippen LogP contribution >= 0.6 is 0 Å². The van der Waals surface area contributed by atoms with Crippen molar-refractivity contribution in [3.05, 3.63) is 165 Å². The third kappa shape index (κ3) is 9.09. The van der Waals surface area contributed by atoms with Crippen molar-refractivity contribution in [1.29, 1.82) is 0 Å². The van der Waals surface area contributed by atoms with Crippen LogP contribution in [0.4, 0.5) is 0 Å². The fourth-order valence-corrected chi connectivity index (χ4v) is 6.32. The summed E-state index contributed by atoms with van der Waals surface area (Å²) in [5.41, 5.74) is 4.02. The topological polar surface area (TPSA) is 144 Å². The van der Waals surface area contributed by atoms with Gasteiger partial charge in [0.2, 0.25) is 11.2 Å². The van der Waals surface area contributed by atoms with Crippen LogP contribution in [0.15, 0.2) is 148 Å². The largest absolute Gasteiger partial charge is 0.494 e. The highest BCUT2D eigenvalue weighted by molar-refractivity contribution is 5.82. The summed E-state index contributed by atoms with van der Waals surface area (Å²) in [6, 6.07) is 39.0. The second-order valence-corrected chi connectivity index (χ2v) is 13.2. The van der Waals surface area contributed by atoms with Crippen molar-refractivity contribution in [2.24, 2.45) is 0 Å². The monoisotopic (exact) mass is 761 g/mol. The Hall–Kier alpha value is -7.05. The summed E-state index contributed by atoms with van der Waals surface area (Å²) in [4.78, 5) is 33.4. The molecule has 0 aliphatic heterocycles. The number of fused-ring (bicyclic) bond motifs is 2. The number of H-pyrrole nitrogens is 1. The Balaban J connectivity index is 0.771. The molecule has 57 heavy (non-hydrogen) atoms. The first kappa shape index (κ1) is 36.9. The van der Waals surface area contributed by atoms with Crippen LogP contribution in [0, 0.1) is 0 Å². The van der Waals surface area contributed by atoms with Gasteiger partial charge in [0.05, 0.1) is 48.3 Å². The molecule has 8 aromatic rings. The normalized spacial score (nSPS) is 11.2. The van der Waals surface area contributed by atoms with Crippen LogP contribution in [0.3, 0.4) is 0 Å². The maximum Gasteiger partial charge on any atom is 0.259 e. The van der Waals surface area contributed by atoms with Crippen LogP contribution in [-0.4, -0.2) is 51.4 Å². The number of aromatic nitrogens is 5. The van der Waals surface area contributed by atoms with Crippen LogP contribution in [0.1, 0.15) is 17.7 Å². The van der Waals surface area contributed by atoms with Crippen molar-refractivity contribution in [2.75, 3.05) is 26.4 Å². The highest BCUT2D eigenvalue weighted by Crippen LogP contribution is 2.33. The van der Waals surface area contributed by atoms with Gasteiger partial charge in [-0.3, -0.25) is 9.59 Å². The molecule has 0 amide bonds. The Labute approximate surface area is 327 Å². The zero-order chi connectivity index (χ0) is 38.8. The number of aromatic amines is 1. The van der Waals surface area contributed by atoms with E-state index in [-0.39, 0.29) is 23.3 Å². The molecule has 0 unspecified atom stereocenters. The fraction of sp³-hybridized carbons (Fsp3) is 0.178. The van der Waals surface area contributed by atoms with Gasteiger partial charge in [0.15, 0.2) is 5.76 Å². The lowest BCUT2D eigenvalue weighted by Gasteiger charge is -2.13. The molecule has 5 aromatic carbocycles. The second kappa shape index (κ2) is 17.6. The van der Waals surface area contributed by atoms with Crippen LogP contribution in [0.2, 0.25) is 0 Å². The average molecular weight is 762 g/mol. The second-order valence-electron chi connectivity index (χ2n) is 13.2. The highest BCUT2D eigenvalue weighted by atomic mass is 16.5. The Bertz CT molecular complexity index is 2710. The number of rotatable bonds is 17. The lowest BCUT2D eigenvalue weighted by Crippen LogP contribution is -2.12. The summed E-state index contributed by atoms with van der Waals surface area (Å²) in [7, 11) is 0. The third-order valence-electron chi connectivity index (χ3n) is 9.21. The van der Waals surface area contributed by atoms with Crippen LogP contribution in [0.25, 0.3) is 44.6 Å². The molecular formula is C45H39N5O7. The molecule has 0 spiro atoms. The van der Waals surface area contributed by atoms with Gasteiger partial charge in [0.1, 0.15) is 36.1 Å². The maximum atomic E-state index is 13.5. The first-order valence-electron chi connectivity index (χ1n) is 18.7. The van der Waals surface area contributed by atoms with E-state index >= 15 is 0 Å². The predicted octanol–water partition coefficient (Wildman–Crippen LogP) is 7.64. The number of ether oxygens (including phenoxy) is 4. The van der Waals surface area contributed by atoms with E-state index in [4.69, 9.17) is 23.4 Å². The van der Waals surface area contributed by atoms with Gasteiger partial charge in [-0.15, -0.1) is 5.10 Å². The molecule has 0 aliphatic rings. The molecule has 0 fully saturated rings. The lowest BCUT2D eigenvalue weighted by molar-refractivity contribution is 0.0923. The van der Waals surface area contributed by atoms with E-state index in [0.29, 0.717) is 77.7 Å². The molecule has 12 heteroatoms. The fourth-order valence-electron chi connectivity index (χ4n) is 6.32. The zero-order valence-electron chi connectivity index (χ0n) is 31.0. The van der Waals surface area contributed by atoms with Crippen molar-refractivity contribution in [3.8, 4) is 40.0 Å². The molecule has 12 nitrogen and oxygen atoms in total. The number of nitrogens with one attached hydrogen (secondary N) is 1. The Morgan fingerprint density at radius 3 is 2.35 bits per heavy atom. The van der Waals surface area contributed by atoms with Gasteiger partial charge >= 0.3 is 0 Å². The Morgan fingerprint density at radius 2 is 1.47 bits per heavy atom. The Morgan fingerprint density at radius 1 is 0.684 bits per heavy atom. The third-order valence-corrected chi connectivity index (χ3v) is 9.21. The minimum atomic E-state index is -0.230. The molecular weight excluding hydrogens is 723 g/mol. The molecule has 0 radical (unpaired) electrons. The lowest BCUT2D eigenvalue weighted by atomic mass is 10.1. The molecule has 8 rings (SSSR count). The SMILES string of the molecule is O=c1[nH]c(-c2ccc(OCCCc3cn(CCOCCOc4cccc(-c5oc6ccccc6c(=O)c5OCc5ccccc5)c4)nn3)cc2)nc2ccccc12. The first-order chi connectivity index (χ1) is 28.1. The van der Waals surface area contributed by atoms with Gasteiger partial charge in [-0.2, -0.15) is 0 Å². The summed E-state index contributed by atoms with van der Waals surface area (Å²) in [6.45, 7) is 2.44. The van der Waals surface area contributed by atoms with E-state index in [1.165, 1.54) is 0 Å². The van der Waals surface area contributed by atoms with Crippen LogP contribution < -0.4 is 25.2 Å². The predicted molar refractivity (Wildman–Crippen MR) is 217 cm³/mol. The minimum absolute atomic E-state index is 0.154. The molecule has 0 aliphatic carbocycles. The molecule has 3 heterocycles. The number of hydrogen-bond acceptors (Lipinski definition) is 10. The first-order valence-corrected chi connectivity index (χ1v) is 18.7. The van der Waals surface area contributed by atoms with Crippen molar-refractivity contribution >= 4 is 21.9 Å². The molecule has 3 aromatic heterocycles. The summed E-state index contributed by atoms with van der Waals surface area (Å²) < 4.78 is 31.8. The van der Waals surface area contributed by atoms with Gasteiger partial charge in [0, 0.05) is 17.3 Å². The van der Waals surface area contributed by atoms with E-state index in [1.54, 1.807) is 28.9 Å². The number of nitrogens with zero attached hydrogens (tertiary/aromatic N) is 4. The number of aryl methyl sites for hydroxylation is 1. The Kier molecular flexibility index (Phi) is 11.4. The molecule has 0 atom stereocenters. The summed E-state index contributed by atoms with van der Waals surface area (Å²) >= 11 is 0. The molecule has 0 saturated carbocycles. The number of para-hydroxylation sites is 2. The van der Waals surface area contributed by atoms with Gasteiger partial charge in [0.25, 0.3) is 5.56 Å². The smallest absolute Gasteiger partial charge is 0.259 e. The summed E-state index contributed by atoms with van der Waals surface area (Å²) in [5, 5.41) is 9.53. The van der Waals surface area contributed by atoms with Crippen molar-refractivity contribution in [3.63, 3.8) is 0 Å². The zero-order valence-corrected chi connectivity index (χ0v) is 31.0.